The zero-order valence-electron chi connectivity index (χ0n) is 19.2. The van der Waals surface area contributed by atoms with Gasteiger partial charge in [-0.15, -0.1) is 10.2 Å². The van der Waals surface area contributed by atoms with Crippen molar-refractivity contribution >= 4 is 47.3 Å². The third kappa shape index (κ3) is 16.6. The molecule has 1 radical (unpaired) electrons. The monoisotopic (exact) mass is 562 g/mol. The zero-order valence-corrected chi connectivity index (χ0v) is 21.9. The molecule has 0 spiro atoms. The molecule has 35 heavy (non-hydrogen) atoms. The van der Waals surface area contributed by atoms with E-state index in [0.29, 0.717) is 21.7 Å². The second kappa shape index (κ2) is 18.7. The number of hydrogen-bond donors (Lipinski definition) is 2. The molecule has 0 amide bonds. The Hall–Kier alpha value is -3.66. The van der Waals surface area contributed by atoms with Crippen LogP contribution in [0.25, 0.3) is 0 Å². The van der Waals surface area contributed by atoms with Gasteiger partial charge in [0.25, 0.3) is 0 Å². The van der Waals surface area contributed by atoms with Gasteiger partial charge in [-0.1, -0.05) is 12.1 Å². The fourth-order valence-electron chi connectivity index (χ4n) is 1.50. The van der Waals surface area contributed by atoms with E-state index < -0.39 is 5.09 Å². The molecule has 4 N–H and O–H groups in total. The standard InChI is InChI=1S/2C9H13N5S.Fe.NO3/c2*1-14(2)9(15)13-12-8(10)7-5-3-4-6-11-7;;2-1(3)4/h2*3-6H,1-2H3,(H2,10,12)(H,13,15);;/q;;+3;-1/p-2. The first-order valence-electron chi connectivity index (χ1n) is 9.10. The van der Waals surface area contributed by atoms with Crippen molar-refractivity contribution in [3.05, 3.63) is 75.5 Å². The van der Waals surface area contributed by atoms with E-state index in [1.807, 2.05) is 12.1 Å². The molecule has 0 aliphatic carbocycles. The maximum atomic E-state index is 8.25. The summed E-state index contributed by atoms with van der Waals surface area (Å²) in [6, 6.07) is 10.8. The molecular formula is C18H24FeN11O3S2. The number of nitrogens with two attached hydrogens (primary N) is 2. The van der Waals surface area contributed by atoms with E-state index in [1.54, 1.807) is 74.6 Å². The normalized spacial score (nSPS) is 11.5. The number of amidine groups is 4. The van der Waals surface area contributed by atoms with Crippen molar-refractivity contribution in [2.75, 3.05) is 28.2 Å². The van der Waals surface area contributed by atoms with Crippen molar-refractivity contribution in [1.29, 1.82) is 0 Å². The molecule has 189 valence electrons. The van der Waals surface area contributed by atoms with Gasteiger partial charge in [-0.2, -0.15) is 10.2 Å². The summed E-state index contributed by atoms with van der Waals surface area (Å²) in [5.74, 6) is 0.500. The summed E-state index contributed by atoms with van der Waals surface area (Å²) < 4.78 is 0. The predicted molar refractivity (Wildman–Crippen MR) is 137 cm³/mol. The minimum atomic E-state index is -1.75. The van der Waals surface area contributed by atoms with Crippen LogP contribution in [-0.2, 0) is 42.3 Å². The molecule has 2 aromatic rings. The van der Waals surface area contributed by atoms with Crippen LogP contribution in [0, 0.1) is 15.3 Å². The largest absolute Gasteiger partial charge is 3.00 e. The van der Waals surface area contributed by atoms with Crippen molar-refractivity contribution in [3.8, 4) is 0 Å². The summed E-state index contributed by atoms with van der Waals surface area (Å²) in [5.41, 5.74) is 12.5. The smallest absolute Gasteiger partial charge is 0.741 e. The summed E-state index contributed by atoms with van der Waals surface area (Å²) in [6.07, 6.45) is 3.28. The molecule has 2 rings (SSSR count). The molecule has 0 aliphatic rings. The van der Waals surface area contributed by atoms with Crippen molar-refractivity contribution in [2.24, 2.45) is 31.9 Å². The SMILES string of the molecule is CN(C)/C([S-])=N/N=C(\N)c1ccccn1.CN(C)/C([S-])=N/N=C(\N)c1ccccn1.O=[N+]([O-])[O-].[Fe+3]. The van der Waals surface area contributed by atoms with Crippen LogP contribution in [0.3, 0.4) is 0 Å². The molecule has 14 nitrogen and oxygen atoms in total. The van der Waals surface area contributed by atoms with Crippen LogP contribution in [-0.4, -0.2) is 75.1 Å². The van der Waals surface area contributed by atoms with Gasteiger partial charge in [-0.3, -0.25) is 9.97 Å². The third-order valence-corrected chi connectivity index (χ3v) is 4.00. The number of nitrogens with zero attached hydrogens (tertiary/aromatic N) is 9. The van der Waals surface area contributed by atoms with E-state index in [9.17, 15) is 0 Å². The van der Waals surface area contributed by atoms with Crippen molar-refractivity contribution < 1.29 is 22.2 Å². The van der Waals surface area contributed by atoms with Crippen LogP contribution in [0.2, 0.25) is 0 Å². The van der Waals surface area contributed by atoms with Crippen LogP contribution in [0.4, 0.5) is 0 Å². The number of hydrogen-bond acceptors (Lipinski definition) is 11. The van der Waals surface area contributed by atoms with Crippen LogP contribution in [0.15, 0.2) is 69.2 Å². The first-order chi connectivity index (χ1) is 16.0. The summed E-state index contributed by atoms with van der Waals surface area (Å²) >= 11 is 9.85. The van der Waals surface area contributed by atoms with E-state index in [-0.39, 0.29) is 28.7 Å². The van der Waals surface area contributed by atoms with E-state index in [4.69, 9.17) is 52.0 Å². The van der Waals surface area contributed by atoms with Gasteiger partial charge in [0, 0.05) is 50.9 Å². The van der Waals surface area contributed by atoms with Crippen LogP contribution < -0.4 is 11.5 Å². The van der Waals surface area contributed by atoms with Gasteiger partial charge in [0.2, 0.25) is 0 Å². The number of pyridine rings is 2. The molecule has 0 bridgehead atoms. The van der Waals surface area contributed by atoms with Crippen LogP contribution >= 0.6 is 0 Å². The first-order valence-corrected chi connectivity index (χ1v) is 9.92. The second-order valence-corrected chi connectivity index (χ2v) is 6.91. The quantitative estimate of drug-likeness (QED) is 0.128. The molecule has 2 aromatic heterocycles. The Bertz CT molecular complexity index is 926. The summed E-state index contributed by atoms with van der Waals surface area (Å²) in [6.45, 7) is 0. The molecule has 0 saturated carbocycles. The number of aromatic nitrogens is 2. The van der Waals surface area contributed by atoms with Gasteiger partial charge in [-0.05, 0) is 24.3 Å². The zero-order chi connectivity index (χ0) is 26.1. The molecule has 0 atom stereocenters. The molecule has 0 saturated heterocycles. The van der Waals surface area contributed by atoms with Gasteiger partial charge in [0.15, 0.2) is 11.7 Å². The average Bonchev–Trinajstić information content (AvgIpc) is 2.81. The summed E-state index contributed by atoms with van der Waals surface area (Å²) in [7, 11) is 7.16. The Morgan fingerprint density at radius 1 is 0.800 bits per heavy atom. The minimum Gasteiger partial charge on any atom is -0.741 e. The van der Waals surface area contributed by atoms with E-state index in [0.717, 1.165) is 0 Å². The van der Waals surface area contributed by atoms with E-state index in [1.165, 1.54) is 0 Å². The molecule has 0 aliphatic heterocycles. The van der Waals surface area contributed by atoms with Crippen molar-refractivity contribution in [1.82, 2.24) is 19.8 Å². The maximum absolute atomic E-state index is 8.25. The predicted octanol–water partition coefficient (Wildman–Crippen LogP) is 0.0912. The molecular weight excluding hydrogens is 538 g/mol. The summed E-state index contributed by atoms with van der Waals surface area (Å²) in [5, 5.41) is 30.6. The van der Waals surface area contributed by atoms with Crippen molar-refractivity contribution in [2.45, 2.75) is 0 Å². The second-order valence-electron chi connectivity index (χ2n) is 6.18. The Kier molecular flexibility index (Phi) is 17.9. The molecule has 0 aromatic carbocycles. The minimum absolute atomic E-state index is 0. The Balaban J connectivity index is 0. The fraction of sp³-hybridized carbons (Fsp3) is 0.222. The van der Waals surface area contributed by atoms with E-state index in [2.05, 4.69) is 30.4 Å². The topological polar surface area (TPSA) is 200 Å². The fourth-order valence-corrected chi connectivity index (χ4v) is 1.58. The van der Waals surface area contributed by atoms with Gasteiger partial charge >= 0.3 is 17.1 Å². The molecule has 17 heteroatoms. The van der Waals surface area contributed by atoms with Gasteiger partial charge in [0.05, 0.1) is 5.09 Å². The van der Waals surface area contributed by atoms with Gasteiger partial charge < -0.3 is 61.8 Å². The Morgan fingerprint density at radius 3 is 1.34 bits per heavy atom. The molecule has 0 fully saturated rings. The van der Waals surface area contributed by atoms with E-state index >= 15 is 0 Å². The molecule has 0 unspecified atom stereocenters. The first kappa shape index (κ1) is 33.5. The van der Waals surface area contributed by atoms with Crippen molar-refractivity contribution in [3.63, 3.8) is 0 Å². The van der Waals surface area contributed by atoms with Gasteiger partial charge in [0.1, 0.15) is 11.4 Å². The maximum Gasteiger partial charge on any atom is 3.00 e. The van der Waals surface area contributed by atoms with Gasteiger partial charge in [-0.25, -0.2) is 0 Å². The van der Waals surface area contributed by atoms with Crippen LogP contribution in [0.1, 0.15) is 11.4 Å². The average molecular weight is 562 g/mol. The Morgan fingerprint density at radius 2 is 1.11 bits per heavy atom. The van der Waals surface area contributed by atoms with Crippen LogP contribution in [0.5, 0.6) is 0 Å². The summed E-state index contributed by atoms with van der Waals surface area (Å²) in [4.78, 5) is 19.6. The Labute approximate surface area is 224 Å². The molecule has 2 heterocycles. The third-order valence-electron chi connectivity index (χ3n) is 3.11. The number of rotatable bonds is 4.